The molecule has 0 unspecified atom stereocenters. The van der Waals surface area contributed by atoms with E-state index < -0.39 is 11.5 Å². The van der Waals surface area contributed by atoms with Gasteiger partial charge in [-0.05, 0) is 44.8 Å². The van der Waals surface area contributed by atoms with E-state index in [0.717, 1.165) is 0 Å². The molecule has 6 nitrogen and oxygen atoms in total. The number of aromatic hydroxyl groups is 1. The lowest BCUT2D eigenvalue weighted by atomic mass is 9.85. The summed E-state index contributed by atoms with van der Waals surface area (Å²) in [4.78, 5) is 13.0. The Morgan fingerprint density at radius 1 is 1.07 bits per heavy atom. The summed E-state index contributed by atoms with van der Waals surface area (Å²) in [5, 5.41) is 25.2. The van der Waals surface area contributed by atoms with Gasteiger partial charge in [0.1, 0.15) is 0 Å². The third-order valence-electron chi connectivity index (χ3n) is 4.36. The average molecular weight is 455 g/mol. The topological polar surface area (TPSA) is 91.2 Å². The second-order valence-electron chi connectivity index (χ2n) is 6.20. The minimum atomic E-state index is -1.91. The first-order chi connectivity index (χ1) is 14.0. The molecule has 0 atom stereocenters. The molecule has 0 heterocycles. The van der Waals surface area contributed by atoms with Gasteiger partial charge in [-0.2, -0.15) is 5.10 Å². The third kappa shape index (κ3) is 4.31. The molecule has 148 valence electrons. The number of carbonyl (C=O) groups is 1. The van der Waals surface area contributed by atoms with Gasteiger partial charge in [-0.3, -0.25) is 4.79 Å². The molecular formula is C22H19BrN2O4. The zero-order valence-electron chi connectivity index (χ0n) is 15.5. The molecule has 3 rings (SSSR count). The second kappa shape index (κ2) is 8.89. The molecule has 0 aromatic heterocycles. The number of amides is 1. The van der Waals surface area contributed by atoms with E-state index in [1.807, 2.05) is 0 Å². The van der Waals surface area contributed by atoms with Crippen LogP contribution in [-0.2, 0) is 10.4 Å². The number of hydrogen-bond acceptors (Lipinski definition) is 5. The fourth-order valence-corrected chi connectivity index (χ4v) is 3.32. The highest BCUT2D eigenvalue weighted by Crippen LogP contribution is 2.34. The number of nitrogens with zero attached hydrogens (tertiary/aromatic N) is 1. The van der Waals surface area contributed by atoms with Crippen LogP contribution in [0.5, 0.6) is 11.5 Å². The number of phenolic OH excluding ortho intramolecular Hbond substituents is 1. The molecule has 0 spiro atoms. The van der Waals surface area contributed by atoms with E-state index in [9.17, 15) is 15.0 Å². The first kappa shape index (κ1) is 20.6. The van der Waals surface area contributed by atoms with Gasteiger partial charge < -0.3 is 14.9 Å². The number of ether oxygens (including phenoxy) is 1. The summed E-state index contributed by atoms with van der Waals surface area (Å²) in [7, 11) is 1.43. The van der Waals surface area contributed by atoms with Crippen molar-refractivity contribution < 1.29 is 19.7 Å². The molecule has 0 saturated carbocycles. The Bertz CT molecular complexity index is 984. The Morgan fingerprint density at radius 3 is 2.14 bits per heavy atom. The molecule has 3 N–H and O–H groups in total. The van der Waals surface area contributed by atoms with Crippen molar-refractivity contribution in [2.24, 2.45) is 5.10 Å². The maximum atomic E-state index is 13.0. The summed E-state index contributed by atoms with van der Waals surface area (Å²) in [6.07, 6.45) is 1.39. The Labute approximate surface area is 176 Å². The van der Waals surface area contributed by atoms with Gasteiger partial charge in [-0.25, -0.2) is 5.43 Å². The normalized spacial score (nSPS) is 11.4. The highest BCUT2D eigenvalue weighted by molar-refractivity contribution is 9.10. The second-order valence-corrected chi connectivity index (χ2v) is 7.05. The van der Waals surface area contributed by atoms with Crippen LogP contribution in [0.15, 0.2) is 82.4 Å². The molecule has 3 aromatic carbocycles. The van der Waals surface area contributed by atoms with Crippen LogP contribution >= 0.6 is 15.9 Å². The largest absolute Gasteiger partial charge is 0.503 e. The molecular weight excluding hydrogens is 436 g/mol. The molecule has 29 heavy (non-hydrogen) atoms. The van der Waals surface area contributed by atoms with Gasteiger partial charge in [-0.15, -0.1) is 0 Å². The van der Waals surface area contributed by atoms with Crippen molar-refractivity contribution in [1.82, 2.24) is 5.43 Å². The van der Waals surface area contributed by atoms with Gasteiger partial charge in [0.15, 0.2) is 17.1 Å². The zero-order valence-corrected chi connectivity index (χ0v) is 17.1. The molecule has 0 fully saturated rings. The van der Waals surface area contributed by atoms with E-state index in [0.29, 0.717) is 21.2 Å². The molecule has 1 amide bonds. The standard InChI is InChI=1S/C22H19BrN2O4/c1-29-19-13-15(12-18(23)20(19)26)14-24-25-21(27)22(28,16-8-4-2-5-9-16)17-10-6-3-7-11-17/h2-14,26,28H,1H3,(H,25,27). The lowest BCUT2D eigenvalue weighted by molar-refractivity contribution is -0.136. The number of nitrogens with one attached hydrogen (secondary N) is 1. The van der Waals surface area contributed by atoms with Gasteiger partial charge in [0.25, 0.3) is 5.91 Å². The summed E-state index contributed by atoms with van der Waals surface area (Å²) < 4.78 is 5.52. The molecule has 0 saturated heterocycles. The Kier molecular flexibility index (Phi) is 6.31. The van der Waals surface area contributed by atoms with E-state index in [-0.39, 0.29) is 11.5 Å². The SMILES string of the molecule is COc1cc(C=NNC(=O)C(O)(c2ccccc2)c2ccccc2)cc(Br)c1O. The fraction of sp³-hybridized carbons (Fsp3) is 0.0909. The lowest BCUT2D eigenvalue weighted by Crippen LogP contribution is -2.43. The minimum Gasteiger partial charge on any atom is -0.503 e. The summed E-state index contributed by atoms with van der Waals surface area (Å²) in [5.41, 5.74) is 1.92. The number of methoxy groups -OCH3 is 1. The van der Waals surface area contributed by atoms with Gasteiger partial charge in [0.05, 0.1) is 17.8 Å². The van der Waals surface area contributed by atoms with E-state index in [1.54, 1.807) is 72.8 Å². The van der Waals surface area contributed by atoms with Crippen LogP contribution < -0.4 is 10.2 Å². The van der Waals surface area contributed by atoms with Gasteiger partial charge in [0, 0.05) is 0 Å². The number of carbonyl (C=O) groups excluding carboxylic acids is 1. The van der Waals surface area contributed by atoms with Gasteiger partial charge in [0.2, 0.25) is 0 Å². The van der Waals surface area contributed by atoms with Gasteiger partial charge in [-0.1, -0.05) is 60.7 Å². The molecule has 0 aliphatic rings. The van der Waals surface area contributed by atoms with Crippen molar-refractivity contribution in [3.8, 4) is 11.5 Å². The number of halogens is 1. The zero-order chi connectivity index (χ0) is 20.9. The van der Waals surface area contributed by atoms with Crippen molar-refractivity contribution in [2.75, 3.05) is 7.11 Å². The van der Waals surface area contributed by atoms with Crippen LogP contribution in [0, 0.1) is 0 Å². The number of hydrazone groups is 1. The number of rotatable bonds is 6. The maximum absolute atomic E-state index is 13.0. The Hall–Kier alpha value is -3.16. The predicted octanol–water partition coefficient (Wildman–Crippen LogP) is 3.55. The quantitative estimate of drug-likeness (QED) is 0.392. The summed E-state index contributed by atoms with van der Waals surface area (Å²) in [6.45, 7) is 0. The summed E-state index contributed by atoms with van der Waals surface area (Å²) in [5.74, 6) is -0.468. The highest BCUT2D eigenvalue weighted by Gasteiger charge is 2.39. The van der Waals surface area contributed by atoms with E-state index >= 15 is 0 Å². The number of aliphatic hydroxyl groups is 1. The Morgan fingerprint density at radius 2 is 1.62 bits per heavy atom. The van der Waals surface area contributed by atoms with Crippen LogP contribution in [0.1, 0.15) is 16.7 Å². The van der Waals surface area contributed by atoms with Crippen LogP contribution in [0.2, 0.25) is 0 Å². The molecule has 3 aromatic rings. The molecule has 0 aliphatic heterocycles. The smallest absolute Gasteiger partial charge is 0.281 e. The van der Waals surface area contributed by atoms with Crippen molar-refractivity contribution in [1.29, 1.82) is 0 Å². The predicted molar refractivity (Wildman–Crippen MR) is 114 cm³/mol. The van der Waals surface area contributed by atoms with Crippen LogP contribution in [0.3, 0.4) is 0 Å². The van der Waals surface area contributed by atoms with Crippen molar-refractivity contribution in [3.63, 3.8) is 0 Å². The van der Waals surface area contributed by atoms with Crippen molar-refractivity contribution in [2.45, 2.75) is 5.60 Å². The maximum Gasteiger partial charge on any atom is 0.281 e. The highest BCUT2D eigenvalue weighted by atomic mass is 79.9. The van der Waals surface area contributed by atoms with Crippen LogP contribution in [0.25, 0.3) is 0 Å². The molecule has 7 heteroatoms. The minimum absolute atomic E-state index is 0.0313. The number of benzene rings is 3. The lowest BCUT2D eigenvalue weighted by Gasteiger charge is -2.27. The molecule has 0 aliphatic carbocycles. The van der Waals surface area contributed by atoms with Crippen molar-refractivity contribution >= 4 is 28.1 Å². The fourth-order valence-electron chi connectivity index (χ4n) is 2.86. The third-order valence-corrected chi connectivity index (χ3v) is 4.97. The van der Waals surface area contributed by atoms with Crippen LogP contribution in [0.4, 0.5) is 0 Å². The molecule has 0 radical (unpaired) electrons. The monoisotopic (exact) mass is 454 g/mol. The number of phenols is 1. The average Bonchev–Trinajstić information content (AvgIpc) is 2.76. The van der Waals surface area contributed by atoms with E-state index in [4.69, 9.17) is 4.74 Å². The molecule has 0 bridgehead atoms. The van der Waals surface area contributed by atoms with Gasteiger partial charge >= 0.3 is 0 Å². The first-order valence-corrected chi connectivity index (χ1v) is 9.49. The van der Waals surface area contributed by atoms with E-state index in [1.165, 1.54) is 13.3 Å². The van der Waals surface area contributed by atoms with Crippen molar-refractivity contribution in [3.05, 3.63) is 94.0 Å². The number of hydrogen-bond donors (Lipinski definition) is 3. The summed E-state index contributed by atoms with van der Waals surface area (Å²) in [6, 6.07) is 20.5. The summed E-state index contributed by atoms with van der Waals surface area (Å²) >= 11 is 3.23. The first-order valence-electron chi connectivity index (χ1n) is 8.70. The van der Waals surface area contributed by atoms with E-state index in [2.05, 4.69) is 26.5 Å². The Balaban J connectivity index is 1.89. The van der Waals surface area contributed by atoms with Crippen LogP contribution in [-0.4, -0.2) is 29.4 Å².